The molecule has 2 N–H and O–H groups in total. The number of nitrogens with zero attached hydrogens (tertiary/aromatic N) is 1. The van der Waals surface area contributed by atoms with Crippen LogP contribution < -0.4 is 10.6 Å². The zero-order chi connectivity index (χ0) is 21.8. The molecule has 1 aliphatic rings. The third-order valence-electron chi connectivity index (χ3n) is 4.92. The van der Waals surface area contributed by atoms with E-state index < -0.39 is 15.9 Å². The molecular formula is C22H21N3O4S2. The van der Waals surface area contributed by atoms with Crippen molar-refractivity contribution in [2.45, 2.75) is 17.7 Å². The molecule has 7 nitrogen and oxygen atoms in total. The summed E-state index contributed by atoms with van der Waals surface area (Å²) >= 11 is 1.33. The number of sulfonamides is 1. The van der Waals surface area contributed by atoms with Crippen molar-refractivity contribution in [2.75, 3.05) is 23.7 Å². The molecule has 1 aliphatic heterocycles. The minimum atomic E-state index is -3.57. The van der Waals surface area contributed by atoms with Crippen LogP contribution in [0.3, 0.4) is 0 Å². The van der Waals surface area contributed by atoms with Crippen LogP contribution in [-0.2, 0) is 10.0 Å². The lowest BCUT2D eigenvalue weighted by atomic mass is 10.1. The van der Waals surface area contributed by atoms with Gasteiger partial charge in [0.15, 0.2) is 0 Å². The van der Waals surface area contributed by atoms with Crippen molar-refractivity contribution in [3.8, 4) is 0 Å². The van der Waals surface area contributed by atoms with Gasteiger partial charge < -0.3 is 10.6 Å². The van der Waals surface area contributed by atoms with Crippen LogP contribution >= 0.6 is 11.3 Å². The maximum absolute atomic E-state index is 12.8. The number of carbonyl (C=O) groups excluding carboxylic acids is 2. The maximum atomic E-state index is 12.8. The van der Waals surface area contributed by atoms with E-state index in [-0.39, 0.29) is 10.8 Å². The van der Waals surface area contributed by atoms with Gasteiger partial charge in [0.25, 0.3) is 11.8 Å². The predicted octanol–water partition coefficient (Wildman–Crippen LogP) is 4.04. The van der Waals surface area contributed by atoms with Crippen LogP contribution in [0.4, 0.5) is 11.4 Å². The van der Waals surface area contributed by atoms with Crippen LogP contribution in [0.2, 0.25) is 0 Å². The Labute approximate surface area is 184 Å². The van der Waals surface area contributed by atoms with E-state index in [1.54, 1.807) is 48.5 Å². The van der Waals surface area contributed by atoms with Crippen molar-refractivity contribution in [2.24, 2.45) is 0 Å². The van der Waals surface area contributed by atoms with E-state index >= 15 is 0 Å². The molecule has 0 saturated carbocycles. The Morgan fingerprint density at radius 3 is 2.23 bits per heavy atom. The highest BCUT2D eigenvalue weighted by Gasteiger charge is 2.27. The van der Waals surface area contributed by atoms with Gasteiger partial charge in [-0.3, -0.25) is 9.59 Å². The van der Waals surface area contributed by atoms with Gasteiger partial charge in [-0.05, 0) is 60.7 Å². The Morgan fingerprint density at radius 1 is 0.839 bits per heavy atom. The van der Waals surface area contributed by atoms with E-state index in [0.717, 1.165) is 12.8 Å². The third-order valence-corrected chi connectivity index (χ3v) is 7.69. The molecule has 9 heteroatoms. The maximum Gasteiger partial charge on any atom is 0.265 e. The molecule has 0 radical (unpaired) electrons. The zero-order valence-electron chi connectivity index (χ0n) is 16.6. The first-order valence-corrected chi connectivity index (χ1v) is 12.1. The summed E-state index contributed by atoms with van der Waals surface area (Å²) in [7, 11) is -3.57. The molecule has 2 aromatic carbocycles. The Kier molecular flexibility index (Phi) is 6.17. The van der Waals surface area contributed by atoms with E-state index in [9.17, 15) is 18.0 Å². The summed E-state index contributed by atoms with van der Waals surface area (Å²) in [5, 5.41) is 7.32. The first-order valence-electron chi connectivity index (χ1n) is 9.80. The van der Waals surface area contributed by atoms with Crippen molar-refractivity contribution in [3.63, 3.8) is 0 Å². The average Bonchev–Trinajstić information content (AvgIpc) is 3.48. The Hall–Kier alpha value is -3.01. The van der Waals surface area contributed by atoms with Gasteiger partial charge in [-0.1, -0.05) is 18.2 Å². The normalized spacial score (nSPS) is 14.3. The molecule has 0 unspecified atom stereocenters. The molecule has 0 bridgehead atoms. The van der Waals surface area contributed by atoms with Gasteiger partial charge in [-0.25, -0.2) is 8.42 Å². The van der Waals surface area contributed by atoms with E-state index in [2.05, 4.69) is 10.6 Å². The summed E-state index contributed by atoms with van der Waals surface area (Å²) in [6, 6.07) is 16.3. The summed E-state index contributed by atoms with van der Waals surface area (Å²) in [5.74, 6) is -0.643. The second-order valence-electron chi connectivity index (χ2n) is 7.11. The molecule has 1 saturated heterocycles. The number of nitrogens with one attached hydrogen (secondary N) is 2. The van der Waals surface area contributed by atoms with Gasteiger partial charge >= 0.3 is 0 Å². The molecule has 0 spiro atoms. The average molecular weight is 456 g/mol. The van der Waals surface area contributed by atoms with Crippen molar-refractivity contribution in [1.82, 2.24) is 4.31 Å². The largest absolute Gasteiger partial charge is 0.322 e. The number of amides is 2. The van der Waals surface area contributed by atoms with Gasteiger partial charge in [0.05, 0.1) is 9.77 Å². The first-order chi connectivity index (χ1) is 14.9. The molecule has 2 amide bonds. The molecular weight excluding hydrogens is 434 g/mol. The van der Waals surface area contributed by atoms with E-state index in [1.807, 2.05) is 5.38 Å². The van der Waals surface area contributed by atoms with Gasteiger partial charge in [0.2, 0.25) is 10.0 Å². The van der Waals surface area contributed by atoms with Crippen LogP contribution in [-0.4, -0.2) is 37.6 Å². The SMILES string of the molecule is O=C(Nc1cccc(S(=O)(=O)N2CCCC2)c1)c1cccc(NC(=O)c2cccs2)c1. The lowest BCUT2D eigenvalue weighted by molar-refractivity contribution is 0.101. The van der Waals surface area contributed by atoms with Crippen molar-refractivity contribution >= 4 is 44.5 Å². The molecule has 4 rings (SSSR count). The summed E-state index contributed by atoms with van der Waals surface area (Å²) in [6.07, 6.45) is 1.71. The number of carbonyl (C=O) groups is 2. The minimum Gasteiger partial charge on any atom is -0.322 e. The highest BCUT2D eigenvalue weighted by atomic mass is 32.2. The fraction of sp³-hybridized carbons (Fsp3) is 0.182. The quantitative estimate of drug-likeness (QED) is 0.586. The topological polar surface area (TPSA) is 95.6 Å². The summed E-state index contributed by atoms with van der Waals surface area (Å²) in [5.41, 5.74) is 1.23. The number of hydrogen-bond acceptors (Lipinski definition) is 5. The zero-order valence-corrected chi connectivity index (χ0v) is 18.2. The highest BCUT2D eigenvalue weighted by Crippen LogP contribution is 2.23. The third kappa shape index (κ3) is 4.84. The molecule has 31 heavy (non-hydrogen) atoms. The molecule has 0 atom stereocenters. The first kappa shape index (κ1) is 21.2. The van der Waals surface area contributed by atoms with E-state index in [0.29, 0.717) is 34.9 Å². The number of anilines is 2. The van der Waals surface area contributed by atoms with Crippen molar-refractivity contribution in [1.29, 1.82) is 0 Å². The van der Waals surface area contributed by atoms with Gasteiger partial charge in [0, 0.05) is 30.0 Å². The lowest BCUT2D eigenvalue weighted by Crippen LogP contribution is -2.27. The van der Waals surface area contributed by atoms with Crippen molar-refractivity contribution in [3.05, 3.63) is 76.5 Å². The summed E-state index contributed by atoms with van der Waals surface area (Å²) in [6.45, 7) is 1.03. The van der Waals surface area contributed by atoms with Gasteiger partial charge in [0.1, 0.15) is 0 Å². The van der Waals surface area contributed by atoms with Crippen LogP contribution in [0.25, 0.3) is 0 Å². The number of thiophene rings is 1. The summed E-state index contributed by atoms with van der Waals surface area (Å²) in [4.78, 5) is 25.7. The standard InChI is InChI=1S/C22H21N3O4S2/c26-21(16-6-3-7-17(14-16)24-22(27)20-10-5-13-30-20)23-18-8-4-9-19(15-18)31(28,29)25-11-1-2-12-25/h3-10,13-15H,1-2,11-12H2,(H,23,26)(H,24,27). The second kappa shape index (κ2) is 9.01. The van der Waals surface area contributed by atoms with E-state index in [4.69, 9.17) is 0 Å². The summed E-state index contributed by atoms with van der Waals surface area (Å²) < 4.78 is 27.0. The van der Waals surface area contributed by atoms with Crippen molar-refractivity contribution < 1.29 is 18.0 Å². The fourth-order valence-corrected chi connectivity index (χ4v) is 5.54. The minimum absolute atomic E-state index is 0.157. The van der Waals surface area contributed by atoms with Crippen LogP contribution in [0, 0.1) is 0 Å². The Bertz CT molecular complexity index is 1200. The Morgan fingerprint density at radius 2 is 1.52 bits per heavy atom. The highest BCUT2D eigenvalue weighted by molar-refractivity contribution is 7.89. The molecule has 2 heterocycles. The van der Waals surface area contributed by atoms with Crippen LogP contribution in [0.1, 0.15) is 32.9 Å². The van der Waals surface area contributed by atoms with Gasteiger partial charge in [-0.15, -0.1) is 11.3 Å². The van der Waals surface area contributed by atoms with Gasteiger partial charge in [-0.2, -0.15) is 4.31 Å². The fourth-order valence-electron chi connectivity index (χ4n) is 3.35. The van der Waals surface area contributed by atoms with Crippen LogP contribution in [0.5, 0.6) is 0 Å². The van der Waals surface area contributed by atoms with Crippen LogP contribution in [0.15, 0.2) is 70.9 Å². The number of benzene rings is 2. The molecule has 160 valence electrons. The Balaban J connectivity index is 1.48. The van der Waals surface area contributed by atoms with E-state index in [1.165, 1.54) is 27.8 Å². The smallest absolute Gasteiger partial charge is 0.265 e. The second-order valence-corrected chi connectivity index (χ2v) is 9.99. The molecule has 1 fully saturated rings. The monoisotopic (exact) mass is 455 g/mol. The number of hydrogen-bond donors (Lipinski definition) is 2. The predicted molar refractivity (Wildman–Crippen MR) is 121 cm³/mol. The lowest BCUT2D eigenvalue weighted by Gasteiger charge is -2.16. The molecule has 3 aromatic rings. The molecule has 0 aliphatic carbocycles. The number of rotatable bonds is 6. The molecule has 1 aromatic heterocycles.